The second-order valence-electron chi connectivity index (χ2n) is 7.30. The lowest BCUT2D eigenvalue weighted by Crippen LogP contribution is -2.40. The third-order valence-corrected chi connectivity index (χ3v) is 6.96. The smallest absolute Gasteiger partial charge is 0.264 e. The van der Waals surface area contributed by atoms with Crippen LogP contribution in [0.15, 0.2) is 89.8 Å². The Morgan fingerprint density at radius 3 is 1.87 bits per heavy atom. The minimum Gasteiger partial charge on any atom is -0.274 e. The molecule has 6 nitrogen and oxygen atoms in total. The standard InChI is InChI=1S/C24H22N2O4S/c27-23-12-7-13-24(28)26(23)21-14-16-22(17-15-21)31(29,30)25(20-10-5-2-6-11-20)18-19-8-3-1-4-9-19/h1-6,8-11,14-17H,7,12-13,18H2. The number of nitrogens with zero attached hydrogens (tertiary/aromatic N) is 2. The van der Waals surface area contributed by atoms with Gasteiger partial charge in [0.25, 0.3) is 10.0 Å². The Labute approximate surface area is 181 Å². The maximum atomic E-state index is 13.5. The molecule has 0 unspecified atom stereocenters. The van der Waals surface area contributed by atoms with Crippen molar-refractivity contribution in [3.8, 4) is 0 Å². The zero-order chi connectivity index (χ0) is 21.8. The first-order valence-corrected chi connectivity index (χ1v) is 11.5. The quantitative estimate of drug-likeness (QED) is 0.547. The van der Waals surface area contributed by atoms with E-state index in [1.54, 1.807) is 24.3 Å². The molecule has 4 rings (SSSR count). The van der Waals surface area contributed by atoms with Crippen LogP contribution in [-0.4, -0.2) is 20.2 Å². The molecule has 0 atom stereocenters. The number of carbonyl (C=O) groups is 2. The van der Waals surface area contributed by atoms with Crippen molar-refractivity contribution in [3.63, 3.8) is 0 Å². The van der Waals surface area contributed by atoms with Crippen LogP contribution in [0.1, 0.15) is 24.8 Å². The number of carbonyl (C=O) groups excluding carboxylic acids is 2. The molecule has 2 amide bonds. The van der Waals surface area contributed by atoms with Crippen LogP contribution in [0.5, 0.6) is 0 Å². The molecular formula is C24H22N2O4S. The van der Waals surface area contributed by atoms with Crippen LogP contribution in [0.3, 0.4) is 0 Å². The molecule has 1 heterocycles. The number of hydrogen-bond donors (Lipinski definition) is 0. The molecule has 0 radical (unpaired) electrons. The number of anilines is 2. The van der Waals surface area contributed by atoms with E-state index in [9.17, 15) is 18.0 Å². The summed E-state index contributed by atoms with van der Waals surface area (Å²) in [6.07, 6.45) is 1.17. The van der Waals surface area contributed by atoms with Crippen LogP contribution >= 0.6 is 0 Å². The molecule has 158 valence electrons. The van der Waals surface area contributed by atoms with Gasteiger partial charge in [0.15, 0.2) is 0 Å². The maximum absolute atomic E-state index is 13.5. The van der Waals surface area contributed by atoms with Crippen molar-refractivity contribution in [1.29, 1.82) is 0 Å². The fourth-order valence-electron chi connectivity index (χ4n) is 3.59. The van der Waals surface area contributed by atoms with Crippen LogP contribution in [0, 0.1) is 0 Å². The molecule has 0 bridgehead atoms. The van der Waals surface area contributed by atoms with E-state index in [1.165, 1.54) is 28.6 Å². The first-order chi connectivity index (χ1) is 15.0. The number of benzene rings is 3. The van der Waals surface area contributed by atoms with Gasteiger partial charge in [0.1, 0.15) is 0 Å². The highest BCUT2D eigenvalue weighted by molar-refractivity contribution is 7.92. The van der Waals surface area contributed by atoms with Crippen molar-refractivity contribution < 1.29 is 18.0 Å². The number of para-hydroxylation sites is 1. The van der Waals surface area contributed by atoms with Crippen LogP contribution in [0.4, 0.5) is 11.4 Å². The van der Waals surface area contributed by atoms with Crippen molar-refractivity contribution in [2.75, 3.05) is 9.21 Å². The summed E-state index contributed by atoms with van der Waals surface area (Å²) in [4.78, 5) is 25.6. The second kappa shape index (κ2) is 8.73. The Bertz CT molecular complexity index is 1160. The van der Waals surface area contributed by atoms with E-state index in [-0.39, 0.29) is 23.3 Å². The second-order valence-corrected chi connectivity index (χ2v) is 9.17. The Morgan fingerprint density at radius 2 is 1.29 bits per heavy atom. The number of imide groups is 1. The number of amides is 2. The van der Waals surface area contributed by atoms with E-state index < -0.39 is 10.0 Å². The fourth-order valence-corrected chi connectivity index (χ4v) is 5.05. The molecule has 7 heteroatoms. The first-order valence-electron chi connectivity index (χ1n) is 10.0. The van der Waals surface area contributed by atoms with Crippen molar-refractivity contribution in [3.05, 3.63) is 90.5 Å². The van der Waals surface area contributed by atoms with Gasteiger partial charge in [-0.2, -0.15) is 0 Å². The average molecular weight is 435 g/mol. The lowest BCUT2D eigenvalue weighted by Gasteiger charge is -2.26. The van der Waals surface area contributed by atoms with Crippen molar-refractivity contribution >= 4 is 33.2 Å². The van der Waals surface area contributed by atoms with Crippen molar-refractivity contribution in [1.82, 2.24) is 0 Å². The van der Waals surface area contributed by atoms with E-state index in [2.05, 4.69) is 0 Å². The summed E-state index contributed by atoms with van der Waals surface area (Å²) >= 11 is 0. The fraction of sp³-hybridized carbons (Fsp3) is 0.167. The Kier molecular flexibility index (Phi) is 5.86. The van der Waals surface area contributed by atoms with Gasteiger partial charge >= 0.3 is 0 Å². The Morgan fingerprint density at radius 1 is 0.742 bits per heavy atom. The highest BCUT2D eigenvalue weighted by Crippen LogP contribution is 2.28. The van der Waals surface area contributed by atoms with Gasteiger partial charge in [0.05, 0.1) is 22.8 Å². The average Bonchev–Trinajstić information content (AvgIpc) is 2.79. The van der Waals surface area contributed by atoms with Gasteiger partial charge in [-0.3, -0.25) is 18.8 Å². The van der Waals surface area contributed by atoms with Crippen LogP contribution in [0.25, 0.3) is 0 Å². The van der Waals surface area contributed by atoms with Gasteiger partial charge in [-0.05, 0) is 48.4 Å². The van der Waals surface area contributed by atoms with E-state index in [0.717, 1.165) is 10.5 Å². The summed E-state index contributed by atoms with van der Waals surface area (Å²) in [7, 11) is -3.88. The number of rotatable bonds is 6. The van der Waals surface area contributed by atoms with E-state index in [1.807, 2.05) is 36.4 Å². The first kappa shape index (κ1) is 20.8. The summed E-state index contributed by atoms with van der Waals surface area (Å²) in [6, 6.07) is 24.2. The van der Waals surface area contributed by atoms with Gasteiger partial charge in [-0.25, -0.2) is 8.42 Å². The summed E-state index contributed by atoms with van der Waals surface area (Å²) in [5, 5.41) is 0. The molecule has 1 aliphatic rings. The highest BCUT2D eigenvalue weighted by Gasteiger charge is 2.29. The minimum atomic E-state index is -3.88. The largest absolute Gasteiger partial charge is 0.274 e. The minimum absolute atomic E-state index is 0.0907. The summed E-state index contributed by atoms with van der Waals surface area (Å²) in [5.41, 5.74) is 1.80. The van der Waals surface area contributed by atoms with Gasteiger partial charge in [-0.15, -0.1) is 0 Å². The van der Waals surface area contributed by atoms with Crippen LogP contribution in [-0.2, 0) is 26.2 Å². The summed E-state index contributed by atoms with van der Waals surface area (Å²) in [5.74, 6) is -0.524. The molecule has 0 aromatic heterocycles. The molecule has 3 aromatic carbocycles. The van der Waals surface area contributed by atoms with Crippen molar-refractivity contribution in [2.45, 2.75) is 30.7 Å². The lowest BCUT2D eigenvalue weighted by atomic mass is 10.1. The van der Waals surface area contributed by atoms with Crippen LogP contribution in [0.2, 0.25) is 0 Å². The third kappa shape index (κ3) is 4.36. The predicted octanol–water partition coefficient (Wildman–Crippen LogP) is 4.13. The summed E-state index contributed by atoms with van der Waals surface area (Å²) < 4.78 is 28.4. The van der Waals surface area contributed by atoms with E-state index >= 15 is 0 Å². The number of sulfonamides is 1. The summed E-state index contributed by atoms with van der Waals surface area (Å²) in [6.45, 7) is 0.179. The van der Waals surface area contributed by atoms with E-state index in [0.29, 0.717) is 30.6 Å². The molecule has 0 aliphatic carbocycles. The van der Waals surface area contributed by atoms with Crippen molar-refractivity contribution in [2.24, 2.45) is 0 Å². The molecule has 0 spiro atoms. The van der Waals surface area contributed by atoms with Gasteiger partial charge < -0.3 is 0 Å². The molecular weight excluding hydrogens is 412 g/mol. The molecule has 0 saturated carbocycles. The maximum Gasteiger partial charge on any atom is 0.264 e. The monoisotopic (exact) mass is 434 g/mol. The normalized spacial score (nSPS) is 14.5. The number of piperidine rings is 1. The molecule has 31 heavy (non-hydrogen) atoms. The highest BCUT2D eigenvalue weighted by atomic mass is 32.2. The third-order valence-electron chi connectivity index (χ3n) is 5.18. The van der Waals surface area contributed by atoms with Crippen LogP contribution < -0.4 is 9.21 Å². The topological polar surface area (TPSA) is 74.8 Å². The zero-order valence-corrected chi connectivity index (χ0v) is 17.7. The lowest BCUT2D eigenvalue weighted by molar-refractivity contribution is -0.129. The molecule has 1 saturated heterocycles. The molecule has 1 fully saturated rings. The van der Waals surface area contributed by atoms with Gasteiger partial charge in [0, 0.05) is 12.8 Å². The SMILES string of the molecule is O=C1CCCC(=O)N1c1ccc(S(=O)(=O)N(Cc2ccccc2)c2ccccc2)cc1. The predicted molar refractivity (Wildman–Crippen MR) is 119 cm³/mol. The molecule has 1 aliphatic heterocycles. The number of hydrogen-bond acceptors (Lipinski definition) is 4. The van der Waals surface area contributed by atoms with Gasteiger partial charge in [0.2, 0.25) is 11.8 Å². The molecule has 0 N–H and O–H groups in total. The zero-order valence-electron chi connectivity index (χ0n) is 16.8. The van der Waals surface area contributed by atoms with Gasteiger partial charge in [-0.1, -0.05) is 48.5 Å². The Hall–Kier alpha value is -3.45. The molecule has 3 aromatic rings. The Balaban J connectivity index is 1.68. The van der Waals surface area contributed by atoms with E-state index in [4.69, 9.17) is 0 Å².